The number of rotatable bonds is 2. The lowest BCUT2D eigenvalue weighted by atomic mass is 9.81. The fourth-order valence-electron chi connectivity index (χ4n) is 2.71. The Morgan fingerprint density at radius 1 is 1.53 bits per heavy atom. The highest BCUT2D eigenvalue weighted by Gasteiger charge is 2.37. The maximum atomic E-state index is 9.21. The van der Waals surface area contributed by atoms with Gasteiger partial charge < -0.3 is 9.64 Å². The zero-order chi connectivity index (χ0) is 14.0. The van der Waals surface area contributed by atoms with Crippen molar-refractivity contribution in [1.82, 2.24) is 4.98 Å². The van der Waals surface area contributed by atoms with Gasteiger partial charge in [-0.1, -0.05) is 13.8 Å². The molecule has 0 radical (unpaired) electrons. The van der Waals surface area contributed by atoms with E-state index in [2.05, 4.69) is 45.7 Å². The molecule has 1 atom stereocenters. The highest BCUT2D eigenvalue weighted by molar-refractivity contribution is 9.10. The summed E-state index contributed by atoms with van der Waals surface area (Å²) in [6.07, 6.45) is 1.20. The SMILES string of the molecule is COC1CCN(c2nc(Br)ccc2C#N)CC1(C)C. The molecule has 1 aromatic rings. The first-order valence-corrected chi connectivity index (χ1v) is 7.11. The molecule has 0 aromatic carbocycles. The minimum absolute atomic E-state index is 0.0454. The number of hydrogen-bond acceptors (Lipinski definition) is 4. The molecule has 1 fully saturated rings. The summed E-state index contributed by atoms with van der Waals surface area (Å²) < 4.78 is 6.31. The standard InChI is InChI=1S/C14H18BrN3O/c1-14(2)9-18(7-6-11(14)19-3)13-10(8-16)4-5-12(15)17-13/h4-5,11H,6-7,9H2,1-3H3. The van der Waals surface area contributed by atoms with Crippen LogP contribution < -0.4 is 4.90 Å². The van der Waals surface area contributed by atoms with Gasteiger partial charge in [0.05, 0.1) is 11.7 Å². The molecule has 102 valence electrons. The van der Waals surface area contributed by atoms with Gasteiger partial charge in [0.15, 0.2) is 0 Å². The summed E-state index contributed by atoms with van der Waals surface area (Å²) in [6, 6.07) is 5.82. The van der Waals surface area contributed by atoms with Gasteiger partial charge in [-0.25, -0.2) is 4.98 Å². The third-order valence-corrected chi connectivity index (χ3v) is 4.12. The van der Waals surface area contributed by atoms with Gasteiger partial charge in [0.2, 0.25) is 0 Å². The van der Waals surface area contributed by atoms with Gasteiger partial charge >= 0.3 is 0 Å². The molecule has 1 aromatic heterocycles. The van der Waals surface area contributed by atoms with E-state index >= 15 is 0 Å². The van der Waals surface area contributed by atoms with Crippen LogP contribution in [0.15, 0.2) is 16.7 Å². The second-order valence-corrected chi connectivity index (χ2v) is 6.35. The Morgan fingerprint density at radius 2 is 2.26 bits per heavy atom. The van der Waals surface area contributed by atoms with Crippen molar-refractivity contribution in [3.05, 3.63) is 22.3 Å². The van der Waals surface area contributed by atoms with E-state index in [-0.39, 0.29) is 11.5 Å². The van der Waals surface area contributed by atoms with E-state index in [0.29, 0.717) is 5.56 Å². The van der Waals surface area contributed by atoms with Gasteiger partial charge in [0.25, 0.3) is 0 Å². The Hall–Kier alpha value is -1.12. The maximum Gasteiger partial charge on any atom is 0.147 e. The van der Waals surface area contributed by atoms with E-state index in [1.165, 1.54) is 0 Å². The first kappa shape index (κ1) is 14.3. The third kappa shape index (κ3) is 2.90. The highest BCUT2D eigenvalue weighted by atomic mass is 79.9. The number of nitrogens with zero attached hydrogens (tertiary/aromatic N) is 3. The van der Waals surface area contributed by atoms with E-state index in [4.69, 9.17) is 4.74 Å². The molecule has 1 aliphatic rings. The Balaban J connectivity index is 2.30. The van der Waals surface area contributed by atoms with Crippen molar-refractivity contribution in [2.24, 2.45) is 5.41 Å². The van der Waals surface area contributed by atoms with Crippen LogP contribution in [0, 0.1) is 16.7 Å². The minimum Gasteiger partial charge on any atom is -0.381 e. The fourth-order valence-corrected chi connectivity index (χ4v) is 3.01. The summed E-state index contributed by atoms with van der Waals surface area (Å²) in [4.78, 5) is 6.64. The number of aromatic nitrogens is 1. The number of hydrogen-bond donors (Lipinski definition) is 0. The fraction of sp³-hybridized carbons (Fsp3) is 0.571. The molecule has 1 saturated heterocycles. The zero-order valence-electron chi connectivity index (χ0n) is 11.5. The largest absolute Gasteiger partial charge is 0.381 e. The van der Waals surface area contributed by atoms with Crippen molar-refractivity contribution >= 4 is 21.7 Å². The number of methoxy groups -OCH3 is 1. The summed E-state index contributed by atoms with van der Waals surface area (Å²) in [6.45, 7) is 6.08. The average molecular weight is 324 g/mol. The molecule has 0 N–H and O–H groups in total. The molecule has 2 rings (SSSR count). The van der Waals surface area contributed by atoms with Crippen LogP contribution in [-0.4, -0.2) is 31.3 Å². The molecule has 1 aliphatic heterocycles. The van der Waals surface area contributed by atoms with Crippen LogP contribution in [0.3, 0.4) is 0 Å². The molecule has 19 heavy (non-hydrogen) atoms. The van der Waals surface area contributed by atoms with Gasteiger partial charge in [0.1, 0.15) is 16.5 Å². The first-order chi connectivity index (χ1) is 8.97. The number of pyridine rings is 1. The van der Waals surface area contributed by atoms with E-state index in [1.807, 2.05) is 6.07 Å². The smallest absolute Gasteiger partial charge is 0.147 e. The van der Waals surface area contributed by atoms with E-state index in [0.717, 1.165) is 29.9 Å². The molecular weight excluding hydrogens is 306 g/mol. The summed E-state index contributed by atoms with van der Waals surface area (Å²) in [5.41, 5.74) is 0.666. The Bertz CT molecular complexity index is 510. The second-order valence-electron chi connectivity index (χ2n) is 5.54. The van der Waals surface area contributed by atoms with Crippen molar-refractivity contribution in [3.63, 3.8) is 0 Å². The van der Waals surface area contributed by atoms with E-state index in [9.17, 15) is 5.26 Å². The topological polar surface area (TPSA) is 49.1 Å². The number of nitriles is 1. The van der Waals surface area contributed by atoms with Crippen molar-refractivity contribution in [3.8, 4) is 6.07 Å². The lowest BCUT2D eigenvalue weighted by Crippen LogP contribution is -2.49. The quantitative estimate of drug-likeness (QED) is 0.785. The molecule has 0 aliphatic carbocycles. The molecular formula is C14H18BrN3O. The Morgan fingerprint density at radius 3 is 2.84 bits per heavy atom. The number of halogens is 1. The number of anilines is 1. The predicted octanol–water partition coefficient (Wildman–Crippen LogP) is 2.97. The van der Waals surface area contributed by atoms with Crippen LogP contribution in [0.25, 0.3) is 0 Å². The number of ether oxygens (including phenoxy) is 1. The minimum atomic E-state index is 0.0454. The van der Waals surface area contributed by atoms with Gasteiger partial charge in [-0.15, -0.1) is 0 Å². The van der Waals surface area contributed by atoms with E-state index in [1.54, 1.807) is 13.2 Å². The summed E-state index contributed by atoms with van der Waals surface area (Å²) in [5, 5.41) is 9.21. The van der Waals surface area contributed by atoms with Crippen LogP contribution in [0.1, 0.15) is 25.8 Å². The van der Waals surface area contributed by atoms with Crippen LogP contribution >= 0.6 is 15.9 Å². The molecule has 2 heterocycles. The predicted molar refractivity (Wildman–Crippen MR) is 78.1 cm³/mol. The van der Waals surface area contributed by atoms with Gasteiger partial charge in [-0.3, -0.25) is 0 Å². The zero-order valence-corrected chi connectivity index (χ0v) is 13.1. The number of piperidine rings is 1. The molecule has 1 unspecified atom stereocenters. The van der Waals surface area contributed by atoms with Crippen LogP contribution in [-0.2, 0) is 4.74 Å². The van der Waals surface area contributed by atoms with E-state index < -0.39 is 0 Å². The average Bonchev–Trinajstić information content (AvgIpc) is 2.37. The summed E-state index contributed by atoms with van der Waals surface area (Å²) >= 11 is 3.37. The van der Waals surface area contributed by atoms with Crippen LogP contribution in [0.5, 0.6) is 0 Å². The molecule has 0 bridgehead atoms. The summed E-state index contributed by atoms with van der Waals surface area (Å²) in [7, 11) is 1.76. The lowest BCUT2D eigenvalue weighted by Gasteiger charge is -2.44. The van der Waals surface area contributed by atoms with Gasteiger partial charge in [-0.05, 0) is 34.5 Å². The van der Waals surface area contributed by atoms with Crippen molar-refractivity contribution in [1.29, 1.82) is 5.26 Å². The Labute approximate surface area is 122 Å². The molecule has 5 heteroatoms. The third-order valence-electron chi connectivity index (χ3n) is 3.68. The van der Waals surface area contributed by atoms with Gasteiger partial charge in [0, 0.05) is 25.6 Å². The highest BCUT2D eigenvalue weighted by Crippen LogP contribution is 2.34. The van der Waals surface area contributed by atoms with Crippen molar-refractivity contribution in [2.45, 2.75) is 26.4 Å². The molecule has 0 saturated carbocycles. The molecule has 0 spiro atoms. The van der Waals surface area contributed by atoms with Crippen LogP contribution in [0.4, 0.5) is 5.82 Å². The molecule has 0 amide bonds. The monoisotopic (exact) mass is 323 g/mol. The van der Waals surface area contributed by atoms with Crippen molar-refractivity contribution in [2.75, 3.05) is 25.1 Å². The summed E-state index contributed by atoms with van der Waals surface area (Å²) in [5.74, 6) is 0.763. The lowest BCUT2D eigenvalue weighted by molar-refractivity contribution is -0.00644. The first-order valence-electron chi connectivity index (χ1n) is 6.32. The van der Waals surface area contributed by atoms with Gasteiger partial charge in [-0.2, -0.15) is 5.26 Å². The van der Waals surface area contributed by atoms with Crippen molar-refractivity contribution < 1.29 is 4.74 Å². The van der Waals surface area contributed by atoms with Crippen LogP contribution in [0.2, 0.25) is 0 Å². The molecule has 4 nitrogen and oxygen atoms in total. The second kappa shape index (κ2) is 5.48. The Kier molecular flexibility index (Phi) is 4.12. The maximum absolute atomic E-state index is 9.21. The normalized spacial score (nSPS) is 22.1.